The van der Waals surface area contributed by atoms with Gasteiger partial charge in [-0.25, -0.2) is 0 Å². The Labute approximate surface area is 207 Å². The third-order valence-corrected chi connectivity index (χ3v) is 6.86. The van der Waals surface area contributed by atoms with E-state index in [9.17, 15) is 9.59 Å². The zero-order valence-electron chi connectivity index (χ0n) is 19.6. The van der Waals surface area contributed by atoms with E-state index < -0.39 is 17.4 Å². The molecular formula is C29H22N2O5. The molecule has 1 N–H and O–H groups in total. The highest BCUT2D eigenvalue weighted by Crippen LogP contribution is 2.50. The molecule has 0 saturated carbocycles. The summed E-state index contributed by atoms with van der Waals surface area (Å²) >= 11 is 0. The zero-order chi connectivity index (χ0) is 24.9. The van der Waals surface area contributed by atoms with Crippen LogP contribution in [0.1, 0.15) is 21.5 Å². The lowest BCUT2D eigenvalue weighted by Crippen LogP contribution is -2.46. The molecule has 178 valence electrons. The second kappa shape index (κ2) is 8.23. The highest BCUT2D eigenvalue weighted by Gasteiger charge is 2.63. The Morgan fingerprint density at radius 2 is 1.69 bits per heavy atom. The molecule has 1 amide bonds. The number of Topliss-reactive ketones (excluding diaryl/α,β-unsaturated/α-hetero) is 1. The van der Waals surface area contributed by atoms with E-state index in [2.05, 4.69) is 10.5 Å². The summed E-state index contributed by atoms with van der Waals surface area (Å²) in [5.41, 5.74) is 0.779. The second-order valence-electron chi connectivity index (χ2n) is 8.73. The molecular weight excluding hydrogens is 456 g/mol. The molecule has 4 aromatic carbocycles. The molecule has 0 radical (unpaired) electrons. The topological polar surface area (TPSA) is 86.2 Å². The Kier molecular flexibility index (Phi) is 5.00. The van der Waals surface area contributed by atoms with Gasteiger partial charge in [-0.15, -0.1) is 0 Å². The number of hydrogen-bond donors (Lipinski definition) is 1. The fourth-order valence-electron chi connectivity index (χ4n) is 5.09. The van der Waals surface area contributed by atoms with Crippen molar-refractivity contribution >= 4 is 33.9 Å². The molecule has 0 unspecified atom stereocenters. The maximum absolute atomic E-state index is 14.3. The molecule has 2 atom stereocenters. The van der Waals surface area contributed by atoms with Crippen LogP contribution in [0.4, 0.5) is 5.69 Å². The minimum absolute atomic E-state index is 0.284. The van der Waals surface area contributed by atoms with E-state index in [0.29, 0.717) is 39.6 Å². The van der Waals surface area contributed by atoms with Crippen LogP contribution in [-0.2, 0) is 15.2 Å². The summed E-state index contributed by atoms with van der Waals surface area (Å²) in [4.78, 5) is 33.9. The van der Waals surface area contributed by atoms with Crippen LogP contribution in [0.3, 0.4) is 0 Å². The highest BCUT2D eigenvalue weighted by molar-refractivity contribution is 6.25. The summed E-state index contributed by atoms with van der Waals surface area (Å²) in [7, 11) is 3.09. The molecule has 0 aromatic heterocycles. The number of benzene rings is 4. The van der Waals surface area contributed by atoms with E-state index >= 15 is 0 Å². The first-order valence-corrected chi connectivity index (χ1v) is 11.5. The van der Waals surface area contributed by atoms with Crippen molar-refractivity contribution in [1.29, 1.82) is 0 Å². The van der Waals surface area contributed by atoms with Gasteiger partial charge in [-0.2, -0.15) is 0 Å². The maximum atomic E-state index is 14.3. The minimum atomic E-state index is -1.65. The molecule has 0 fully saturated rings. The minimum Gasteiger partial charge on any atom is -0.497 e. The number of methoxy groups -OCH3 is 2. The molecule has 0 bridgehead atoms. The first kappa shape index (κ1) is 21.9. The quantitative estimate of drug-likeness (QED) is 0.411. The van der Waals surface area contributed by atoms with Crippen LogP contribution < -0.4 is 14.8 Å². The lowest BCUT2D eigenvalue weighted by molar-refractivity contribution is -0.140. The number of nitrogens with zero attached hydrogens (tertiary/aromatic N) is 1. The van der Waals surface area contributed by atoms with Gasteiger partial charge in [-0.1, -0.05) is 59.8 Å². The number of ketones is 1. The van der Waals surface area contributed by atoms with Gasteiger partial charge in [0, 0.05) is 22.4 Å². The van der Waals surface area contributed by atoms with Crippen molar-refractivity contribution in [2.75, 3.05) is 19.5 Å². The Hall–Kier alpha value is -4.65. The molecule has 2 aliphatic rings. The van der Waals surface area contributed by atoms with E-state index in [1.165, 1.54) is 7.11 Å². The van der Waals surface area contributed by atoms with Gasteiger partial charge in [0.2, 0.25) is 0 Å². The van der Waals surface area contributed by atoms with E-state index in [1.807, 2.05) is 48.5 Å². The van der Waals surface area contributed by atoms with Crippen molar-refractivity contribution in [3.63, 3.8) is 0 Å². The number of nitrogens with one attached hydrogen (secondary N) is 1. The number of hydrogen-bond acceptors (Lipinski definition) is 6. The first-order valence-electron chi connectivity index (χ1n) is 11.5. The smallest absolute Gasteiger partial charge is 0.277 e. The standard InChI is InChI=1S/C29H22N2O5/c1-34-20-13-14-24(35-2)21(16-20)26-25(27(32)19-12-11-17-7-3-4-8-18(17)15-19)29(36-31-26)22-9-5-6-10-23(22)30-28(29)33/h3-16,25H,1-2H3,(H,30,33)/t25-,29-/m1/s1. The van der Waals surface area contributed by atoms with Gasteiger partial charge < -0.3 is 19.6 Å². The summed E-state index contributed by atoms with van der Waals surface area (Å²) in [5, 5.41) is 9.17. The Morgan fingerprint density at radius 3 is 2.50 bits per heavy atom. The third-order valence-electron chi connectivity index (χ3n) is 6.86. The van der Waals surface area contributed by atoms with Gasteiger partial charge in [-0.05, 0) is 41.1 Å². The van der Waals surface area contributed by atoms with Crippen molar-refractivity contribution in [3.8, 4) is 11.5 Å². The van der Waals surface area contributed by atoms with Crippen molar-refractivity contribution < 1.29 is 23.9 Å². The van der Waals surface area contributed by atoms with Crippen LogP contribution in [0.25, 0.3) is 10.8 Å². The number of oxime groups is 1. The van der Waals surface area contributed by atoms with Crippen LogP contribution in [0, 0.1) is 5.92 Å². The maximum Gasteiger partial charge on any atom is 0.277 e. The number of rotatable bonds is 5. The lowest BCUT2D eigenvalue weighted by atomic mass is 9.74. The van der Waals surface area contributed by atoms with E-state index in [4.69, 9.17) is 14.3 Å². The van der Waals surface area contributed by atoms with Gasteiger partial charge in [-0.3, -0.25) is 9.59 Å². The van der Waals surface area contributed by atoms with Crippen molar-refractivity contribution in [2.45, 2.75) is 5.60 Å². The average Bonchev–Trinajstić information content (AvgIpc) is 3.46. The van der Waals surface area contributed by atoms with Gasteiger partial charge in [0.05, 0.1) is 14.2 Å². The summed E-state index contributed by atoms with van der Waals surface area (Å²) in [5.74, 6) is -0.749. The number of amides is 1. The molecule has 4 aromatic rings. The monoisotopic (exact) mass is 478 g/mol. The van der Waals surface area contributed by atoms with Crippen molar-refractivity contribution in [2.24, 2.45) is 11.1 Å². The summed E-state index contributed by atoms with van der Waals surface area (Å²) in [6.45, 7) is 0. The van der Waals surface area contributed by atoms with E-state index in [-0.39, 0.29) is 5.78 Å². The van der Waals surface area contributed by atoms with Gasteiger partial charge in [0.25, 0.3) is 11.5 Å². The zero-order valence-corrected chi connectivity index (χ0v) is 19.6. The van der Waals surface area contributed by atoms with Crippen LogP contribution in [-0.4, -0.2) is 31.6 Å². The molecule has 2 heterocycles. The number of ether oxygens (including phenoxy) is 2. The van der Waals surface area contributed by atoms with Crippen LogP contribution >= 0.6 is 0 Å². The van der Waals surface area contributed by atoms with Crippen LogP contribution in [0.15, 0.2) is 90.1 Å². The predicted molar refractivity (Wildman–Crippen MR) is 136 cm³/mol. The molecule has 1 spiro atoms. The van der Waals surface area contributed by atoms with Crippen LogP contribution in [0.2, 0.25) is 0 Å². The number of anilines is 1. The summed E-state index contributed by atoms with van der Waals surface area (Å²) < 4.78 is 11.0. The van der Waals surface area contributed by atoms with Crippen molar-refractivity contribution in [3.05, 3.63) is 102 Å². The molecule has 36 heavy (non-hydrogen) atoms. The summed E-state index contributed by atoms with van der Waals surface area (Å²) in [6.07, 6.45) is 0. The van der Waals surface area contributed by atoms with Gasteiger partial charge in [0.1, 0.15) is 23.1 Å². The number of fused-ring (bicyclic) bond motifs is 3. The summed E-state index contributed by atoms with van der Waals surface area (Å²) in [6, 6.07) is 25.7. The Balaban J connectivity index is 1.56. The first-order chi connectivity index (χ1) is 17.6. The molecule has 0 saturated heterocycles. The molecule has 2 aliphatic heterocycles. The predicted octanol–water partition coefficient (Wildman–Crippen LogP) is 4.94. The molecule has 7 heteroatoms. The largest absolute Gasteiger partial charge is 0.497 e. The van der Waals surface area contributed by atoms with Gasteiger partial charge in [0.15, 0.2) is 5.78 Å². The Bertz CT molecular complexity index is 1580. The van der Waals surface area contributed by atoms with Crippen LogP contribution in [0.5, 0.6) is 11.5 Å². The number of para-hydroxylation sites is 1. The van der Waals surface area contributed by atoms with Gasteiger partial charge >= 0.3 is 0 Å². The SMILES string of the molecule is COc1ccc(OC)c(C2=NO[C@@]3(C(=O)Nc4ccccc43)[C@H]2C(=O)c2ccc3ccccc3c2)c1. The Morgan fingerprint density at radius 1 is 0.917 bits per heavy atom. The average molecular weight is 479 g/mol. The third kappa shape index (κ3) is 3.09. The normalized spacial score (nSPS) is 20.0. The molecule has 6 rings (SSSR count). The molecule has 7 nitrogen and oxygen atoms in total. The molecule has 0 aliphatic carbocycles. The number of carbonyl (C=O) groups is 2. The highest BCUT2D eigenvalue weighted by atomic mass is 16.7. The van der Waals surface area contributed by atoms with E-state index in [1.54, 1.807) is 43.5 Å². The lowest BCUT2D eigenvalue weighted by Gasteiger charge is -2.27. The fourth-order valence-corrected chi connectivity index (χ4v) is 5.09. The van der Waals surface area contributed by atoms with E-state index in [0.717, 1.165) is 10.8 Å². The second-order valence-corrected chi connectivity index (χ2v) is 8.73. The fraction of sp³-hybridized carbons (Fsp3) is 0.138. The number of carbonyl (C=O) groups excluding carboxylic acids is 2. The van der Waals surface area contributed by atoms with Crippen molar-refractivity contribution in [1.82, 2.24) is 0 Å².